The number of hydrogen-bond donors (Lipinski definition) is 2. The molecule has 0 atom stereocenters. The number of nitrogens with two attached hydrogens (primary N) is 1. The van der Waals surface area contributed by atoms with E-state index in [1.807, 2.05) is 36.4 Å². The van der Waals surface area contributed by atoms with Crippen LogP contribution in [0.15, 0.2) is 48.5 Å². The van der Waals surface area contributed by atoms with E-state index in [-0.39, 0.29) is 5.91 Å². The molecule has 0 spiro atoms. The first-order valence-electron chi connectivity index (χ1n) is 6.93. The van der Waals surface area contributed by atoms with E-state index in [1.54, 1.807) is 19.2 Å². The van der Waals surface area contributed by atoms with E-state index >= 15 is 0 Å². The third kappa shape index (κ3) is 4.07. The summed E-state index contributed by atoms with van der Waals surface area (Å²) in [7, 11) is 1.56. The summed E-state index contributed by atoms with van der Waals surface area (Å²) in [6.07, 6.45) is 0.869. The minimum absolute atomic E-state index is 0.140. The van der Waals surface area contributed by atoms with Crippen molar-refractivity contribution in [3.8, 4) is 5.75 Å². The molecule has 0 radical (unpaired) electrons. The summed E-state index contributed by atoms with van der Waals surface area (Å²) in [4.78, 5) is 12.2. The third-order valence-electron chi connectivity index (χ3n) is 3.26. The lowest BCUT2D eigenvalue weighted by atomic mass is 10.1. The molecular formula is C17H20N2O2. The van der Waals surface area contributed by atoms with Gasteiger partial charge in [-0.25, -0.2) is 0 Å². The highest BCUT2D eigenvalue weighted by Crippen LogP contribution is 2.17. The molecule has 4 nitrogen and oxygen atoms in total. The van der Waals surface area contributed by atoms with Gasteiger partial charge in [-0.1, -0.05) is 36.4 Å². The van der Waals surface area contributed by atoms with Crippen LogP contribution in [-0.2, 0) is 13.0 Å². The maximum Gasteiger partial charge on any atom is 0.255 e. The van der Waals surface area contributed by atoms with Gasteiger partial charge in [0.15, 0.2) is 0 Å². The van der Waals surface area contributed by atoms with Gasteiger partial charge in [0, 0.05) is 6.54 Å². The Labute approximate surface area is 124 Å². The largest absolute Gasteiger partial charge is 0.496 e. The zero-order chi connectivity index (χ0) is 15.1. The van der Waals surface area contributed by atoms with Crippen LogP contribution in [0.1, 0.15) is 21.5 Å². The van der Waals surface area contributed by atoms with Gasteiger partial charge < -0.3 is 15.8 Å². The molecule has 0 saturated carbocycles. The monoisotopic (exact) mass is 284 g/mol. The number of carbonyl (C=O) groups excluding carboxylic acids is 1. The van der Waals surface area contributed by atoms with Gasteiger partial charge >= 0.3 is 0 Å². The van der Waals surface area contributed by atoms with E-state index in [1.165, 1.54) is 5.56 Å². The molecule has 110 valence electrons. The SMILES string of the molecule is COc1ccccc1C(=O)NCc1ccc(CCN)cc1. The summed E-state index contributed by atoms with van der Waals surface area (Å²) in [6.45, 7) is 1.13. The molecular weight excluding hydrogens is 264 g/mol. The standard InChI is InChI=1S/C17H20N2O2/c1-21-16-5-3-2-4-15(16)17(20)19-12-14-8-6-13(7-9-14)10-11-18/h2-9H,10-12,18H2,1H3,(H,19,20). The average molecular weight is 284 g/mol. The molecule has 0 unspecified atom stereocenters. The van der Waals surface area contributed by atoms with Crippen LogP contribution in [0, 0.1) is 0 Å². The van der Waals surface area contributed by atoms with Crippen molar-refractivity contribution in [2.75, 3.05) is 13.7 Å². The van der Waals surface area contributed by atoms with Crippen molar-refractivity contribution < 1.29 is 9.53 Å². The molecule has 0 aromatic heterocycles. The molecule has 21 heavy (non-hydrogen) atoms. The van der Waals surface area contributed by atoms with Crippen LogP contribution < -0.4 is 15.8 Å². The van der Waals surface area contributed by atoms with E-state index in [2.05, 4.69) is 5.32 Å². The molecule has 1 amide bonds. The fourth-order valence-electron chi connectivity index (χ4n) is 2.10. The number of amides is 1. The van der Waals surface area contributed by atoms with Crippen molar-refractivity contribution in [1.29, 1.82) is 0 Å². The van der Waals surface area contributed by atoms with E-state index < -0.39 is 0 Å². The van der Waals surface area contributed by atoms with Gasteiger partial charge in [0.1, 0.15) is 5.75 Å². The lowest BCUT2D eigenvalue weighted by molar-refractivity contribution is 0.0948. The zero-order valence-corrected chi connectivity index (χ0v) is 12.1. The van der Waals surface area contributed by atoms with Crippen molar-refractivity contribution in [3.05, 3.63) is 65.2 Å². The molecule has 2 aromatic carbocycles. The Bertz CT molecular complexity index is 594. The highest BCUT2D eigenvalue weighted by molar-refractivity contribution is 5.96. The number of methoxy groups -OCH3 is 1. The second-order valence-corrected chi connectivity index (χ2v) is 4.74. The molecule has 0 aliphatic carbocycles. The lowest BCUT2D eigenvalue weighted by Gasteiger charge is -2.09. The first-order chi connectivity index (χ1) is 10.2. The Morgan fingerprint density at radius 3 is 2.43 bits per heavy atom. The van der Waals surface area contributed by atoms with Gasteiger partial charge in [-0.15, -0.1) is 0 Å². The highest BCUT2D eigenvalue weighted by atomic mass is 16.5. The smallest absolute Gasteiger partial charge is 0.255 e. The Balaban J connectivity index is 1.97. The maximum atomic E-state index is 12.2. The van der Waals surface area contributed by atoms with Crippen LogP contribution >= 0.6 is 0 Å². The minimum atomic E-state index is -0.140. The number of nitrogens with one attached hydrogen (secondary N) is 1. The predicted octanol–water partition coefficient (Wildman–Crippen LogP) is 2.13. The van der Waals surface area contributed by atoms with E-state index in [0.717, 1.165) is 12.0 Å². The summed E-state index contributed by atoms with van der Waals surface area (Å²) in [6, 6.07) is 15.3. The van der Waals surface area contributed by atoms with Crippen LogP contribution in [0.2, 0.25) is 0 Å². The summed E-state index contributed by atoms with van der Waals surface area (Å²) >= 11 is 0. The first kappa shape index (κ1) is 15.1. The molecule has 4 heteroatoms. The molecule has 0 fully saturated rings. The van der Waals surface area contributed by atoms with Crippen LogP contribution in [0.25, 0.3) is 0 Å². The predicted molar refractivity (Wildman–Crippen MR) is 83.4 cm³/mol. The highest BCUT2D eigenvalue weighted by Gasteiger charge is 2.10. The number of benzene rings is 2. The van der Waals surface area contributed by atoms with Gasteiger partial charge in [-0.2, -0.15) is 0 Å². The summed E-state index contributed by atoms with van der Waals surface area (Å²) in [5.41, 5.74) is 8.32. The van der Waals surface area contributed by atoms with Crippen molar-refractivity contribution >= 4 is 5.91 Å². The number of carbonyl (C=O) groups is 1. The van der Waals surface area contributed by atoms with Crippen LogP contribution in [0.3, 0.4) is 0 Å². The molecule has 2 rings (SSSR count). The molecule has 0 aliphatic heterocycles. The normalized spacial score (nSPS) is 10.2. The fraction of sp³-hybridized carbons (Fsp3) is 0.235. The maximum absolute atomic E-state index is 12.2. The third-order valence-corrected chi connectivity index (χ3v) is 3.26. The van der Waals surface area contributed by atoms with Crippen LogP contribution in [0.5, 0.6) is 5.75 Å². The summed E-state index contributed by atoms with van der Waals surface area (Å²) in [5.74, 6) is 0.437. The number of rotatable bonds is 6. The van der Waals surface area contributed by atoms with Crippen molar-refractivity contribution in [2.24, 2.45) is 5.73 Å². The Kier molecular flexibility index (Phi) is 5.35. The number of hydrogen-bond acceptors (Lipinski definition) is 3. The number of ether oxygens (including phenoxy) is 1. The first-order valence-corrected chi connectivity index (χ1v) is 6.93. The molecule has 0 heterocycles. The van der Waals surface area contributed by atoms with Crippen LogP contribution in [0.4, 0.5) is 0 Å². The topological polar surface area (TPSA) is 64.3 Å². The van der Waals surface area contributed by atoms with Crippen molar-refractivity contribution in [1.82, 2.24) is 5.32 Å². The molecule has 0 aliphatic rings. The average Bonchev–Trinajstić information content (AvgIpc) is 2.54. The Morgan fingerprint density at radius 2 is 1.76 bits per heavy atom. The van der Waals surface area contributed by atoms with Gasteiger partial charge in [0.2, 0.25) is 0 Å². The summed E-state index contributed by atoms with van der Waals surface area (Å²) < 4.78 is 5.19. The van der Waals surface area contributed by atoms with E-state index in [4.69, 9.17) is 10.5 Å². The van der Waals surface area contributed by atoms with Gasteiger partial charge in [0.05, 0.1) is 12.7 Å². The van der Waals surface area contributed by atoms with Gasteiger partial charge in [0.25, 0.3) is 5.91 Å². The molecule has 0 bridgehead atoms. The second kappa shape index (κ2) is 7.45. The van der Waals surface area contributed by atoms with Crippen molar-refractivity contribution in [2.45, 2.75) is 13.0 Å². The fourth-order valence-corrected chi connectivity index (χ4v) is 2.10. The lowest BCUT2D eigenvalue weighted by Crippen LogP contribution is -2.23. The Hall–Kier alpha value is -2.33. The molecule has 3 N–H and O–H groups in total. The quantitative estimate of drug-likeness (QED) is 0.854. The molecule has 0 saturated heterocycles. The molecule has 2 aromatic rings. The zero-order valence-electron chi connectivity index (χ0n) is 12.1. The minimum Gasteiger partial charge on any atom is -0.496 e. The van der Waals surface area contributed by atoms with Crippen LogP contribution in [-0.4, -0.2) is 19.6 Å². The van der Waals surface area contributed by atoms with Gasteiger partial charge in [-0.05, 0) is 36.2 Å². The van der Waals surface area contributed by atoms with Crippen molar-refractivity contribution in [3.63, 3.8) is 0 Å². The second-order valence-electron chi connectivity index (χ2n) is 4.74. The Morgan fingerprint density at radius 1 is 1.10 bits per heavy atom. The number of para-hydroxylation sites is 1. The van der Waals surface area contributed by atoms with E-state index in [0.29, 0.717) is 24.4 Å². The van der Waals surface area contributed by atoms with Gasteiger partial charge in [-0.3, -0.25) is 4.79 Å². The van der Waals surface area contributed by atoms with E-state index in [9.17, 15) is 4.79 Å². The summed E-state index contributed by atoms with van der Waals surface area (Å²) in [5, 5.41) is 2.90.